The molecule has 0 aromatic carbocycles. The molecule has 0 amide bonds. The minimum atomic E-state index is -4.49. The van der Waals surface area contributed by atoms with E-state index < -0.39 is 13.9 Å². The Morgan fingerprint density at radius 3 is 1.83 bits per heavy atom. The van der Waals surface area contributed by atoms with E-state index >= 15 is 0 Å². The number of esters is 1. The summed E-state index contributed by atoms with van der Waals surface area (Å²) in [6.45, 7) is 5.31. The van der Waals surface area contributed by atoms with Gasteiger partial charge in [0.15, 0.2) is 0 Å². The molecule has 0 fully saturated rings. The lowest BCUT2D eigenvalue weighted by Crippen LogP contribution is -2.37. The number of carbonyl (C=O) groups excluding carboxylic acids is 1. The molecule has 0 bridgehead atoms. The largest absolute Gasteiger partial charge is 0.756 e. The van der Waals surface area contributed by atoms with Gasteiger partial charge in [0, 0.05) is 13.0 Å². The number of rotatable bonds is 26. The molecule has 0 N–H and O–H groups in total. The van der Waals surface area contributed by atoms with E-state index in [0.29, 0.717) is 24.1 Å². The van der Waals surface area contributed by atoms with Gasteiger partial charge in [-0.3, -0.25) is 9.36 Å². The van der Waals surface area contributed by atoms with E-state index in [2.05, 4.69) is 13.8 Å². The van der Waals surface area contributed by atoms with Gasteiger partial charge in [-0.15, -0.1) is 0 Å². The van der Waals surface area contributed by atoms with Crippen LogP contribution in [-0.2, 0) is 27.9 Å². The first-order chi connectivity index (χ1) is 17.1. The molecule has 0 saturated heterocycles. The van der Waals surface area contributed by atoms with Crippen molar-refractivity contribution in [3.8, 4) is 0 Å². The molecule has 0 aliphatic rings. The van der Waals surface area contributed by atoms with Crippen molar-refractivity contribution in [1.29, 1.82) is 0 Å². The van der Waals surface area contributed by atoms with E-state index in [1.54, 1.807) is 0 Å². The highest BCUT2D eigenvalue weighted by molar-refractivity contribution is 7.45. The molecular weight excluding hydrogens is 481 g/mol. The summed E-state index contributed by atoms with van der Waals surface area (Å²) in [6.07, 6.45) is 15.6. The van der Waals surface area contributed by atoms with Gasteiger partial charge in [-0.2, -0.15) is 0 Å². The van der Waals surface area contributed by atoms with Crippen LogP contribution in [-0.4, -0.2) is 70.7 Å². The Bertz CT molecular complexity index is 569. The van der Waals surface area contributed by atoms with E-state index in [1.807, 2.05) is 21.1 Å². The number of quaternary nitrogens is 1. The topological polar surface area (TPSA) is 94.1 Å². The summed E-state index contributed by atoms with van der Waals surface area (Å²) in [7, 11) is 1.36. The highest BCUT2D eigenvalue weighted by Crippen LogP contribution is 2.38. The van der Waals surface area contributed by atoms with Crippen molar-refractivity contribution < 1.29 is 37.3 Å². The molecule has 0 radical (unpaired) electrons. The van der Waals surface area contributed by atoms with Crippen LogP contribution in [0, 0.1) is 0 Å². The number of hydrogen-bond donors (Lipinski definition) is 0. The first-order valence-electron chi connectivity index (χ1n) is 14.3. The minimum absolute atomic E-state index is 0.0295. The van der Waals surface area contributed by atoms with Crippen molar-refractivity contribution in [2.24, 2.45) is 0 Å². The number of phosphoric ester groups is 1. The Hall–Kier alpha value is -0.500. The zero-order valence-electron chi connectivity index (χ0n) is 24.0. The highest BCUT2D eigenvalue weighted by atomic mass is 31.2. The second kappa shape index (κ2) is 22.5. The molecule has 8 nitrogen and oxygen atoms in total. The number of likely N-dealkylation sites (N-methyl/N-ethyl adjacent to an activating group) is 1. The summed E-state index contributed by atoms with van der Waals surface area (Å²) >= 11 is 0. The van der Waals surface area contributed by atoms with Crippen LogP contribution in [0.15, 0.2) is 0 Å². The lowest BCUT2D eigenvalue weighted by Gasteiger charge is -2.28. The fourth-order valence-corrected chi connectivity index (χ4v) is 4.33. The Kier molecular flexibility index (Phi) is 22.2. The second-order valence-corrected chi connectivity index (χ2v) is 12.2. The predicted molar refractivity (Wildman–Crippen MR) is 144 cm³/mol. The van der Waals surface area contributed by atoms with Crippen LogP contribution < -0.4 is 4.89 Å². The second-order valence-electron chi connectivity index (χ2n) is 10.8. The Labute approximate surface area is 221 Å². The molecule has 216 valence electrons. The molecule has 0 aliphatic heterocycles. The van der Waals surface area contributed by atoms with Crippen LogP contribution in [0.4, 0.5) is 0 Å². The Morgan fingerprint density at radius 2 is 1.28 bits per heavy atom. The molecule has 0 aromatic rings. The molecule has 0 aliphatic carbocycles. The normalized spacial score (nSPS) is 14.5. The van der Waals surface area contributed by atoms with Crippen molar-refractivity contribution in [3.05, 3.63) is 0 Å². The fourth-order valence-electron chi connectivity index (χ4n) is 3.60. The van der Waals surface area contributed by atoms with Gasteiger partial charge in [-0.25, -0.2) is 0 Å². The average Bonchev–Trinajstić information content (AvgIpc) is 2.79. The van der Waals surface area contributed by atoms with Gasteiger partial charge >= 0.3 is 5.97 Å². The van der Waals surface area contributed by atoms with Crippen LogP contribution in [0.5, 0.6) is 0 Å². The van der Waals surface area contributed by atoms with Gasteiger partial charge in [0.25, 0.3) is 7.82 Å². The first-order valence-corrected chi connectivity index (χ1v) is 15.7. The molecule has 9 heteroatoms. The summed E-state index contributed by atoms with van der Waals surface area (Å²) in [4.78, 5) is 24.5. The van der Waals surface area contributed by atoms with Crippen LogP contribution >= 0.6 is 7.82 Å². The maximum Gasteiger partial charge on any atom is 0.306 e. The molecule has 0 aromatic heterocycles. The zero-order valence-corrected chi connectivity index (χ0v) is 24.9. The smallest absolute Gasteiger partial charge is 0.306 e. The number of carbonyl (C=O) groups is 1. The van der Waals surface area contributed by atoms with Crippen molar-refractivity contribution >= 4 is 13.8 Å². The first kappa shape index (κ1) is 35.5. The molecule has 0 saturated carbocycles. The third kappa shape index (κ3) is 25.2. The Morgan fingerprint density at radius 1 is 0.750 bits per heavy atom. The molecule has 0 heterocycles. The lowest BCUT2D eigenvalue weighted by molar-refractivity contribution is -0.870. The van der Waals surface area contributed by atoms with E-state index in [1.165, 1.54) is 57.8 Å². The summed E-state index contributed by atoms with van der Waals surface area (Å²) < 4.78 is 33.9. The summed E-state index contributed by atoms with van der Waals surface area (Å²) in [5.74, 6) is -0.343. The standard InChI is InChI=1S/C27H56NO7P/c1-6-8-10-12-14-15-16-18-20-27(29)35-26(24-32-22-19-17-13-11-9-7-2)25-34-36(30,31)33-23-21-28(3,4)5/h26H,6-25H2,1-5H3. The lowest BCUT2D eigenvalue weighted by atomic mass is 10.1. The van der Waals surface area contributed by atoms with Gasteiger partial charge in [0.05, 0.1) is 34.4 Å². The molecule has 0 rings (SSSR count). The van der Waals surface area contributed by atoms with E-state index in [-0.39, 0.29) is 25.8 Å². The fraction of sp³-hybridized carbons (Fsp3) is 0.963. The van der Waals surface area contributed by atoms with Crippen molar-refractivity contribution in [1.82, 2.24) is 0 Å². The van der Waals surface area contributed by atoms with E-state index in [4.69, 9.17) is 18.5 Å². The van der Waals surface area contributed by atoms with Crippen LogP contribution in [0.1, 0.15) is 110 Å². The summed E-state index contributed by atoms with van der Waals surface area (Å²) in [5.41, 5.74) is 0. The molecule has 36 heavy (non-hydrogen) atoms. The number of nitrogens with zero attached hydrogens (tertiary/aromatic N) is 1. The number of hydrogen-bond acceptors (Lipinski definition) is 7. The number of ether oxygens (including phenoxy) is 2. The van der Waals surface area contributed by atoms with Gasteiger partial charge in [0.2, 0.25) is 0 Å². The third-order valence-electron chi connectivity index (χ3n) is 5.91. The van der Waals surface area contributed by atoms with Crippen molar-refractivity contribution in [2.75, 3.05) is 54.1 Å². The quantitative estimate of drug-likeness (QED) is 0.0577. The molecule has 0 spiro atoms. The van der Waals surface area contributed by atoms with Crippen LogP contribution in [0.2, 0.25) is 0 Å². The SMILES string of the molecule is CCCCCCCCCCC(=O)OC(COCCCCCCCC)COP(=O)([O-])OCC[N+](C)(C)C. The number of unbranched alkanes of at least 4 members (excludes halogenated alkanes) is 12. The van der Waals surface area contributed by atoms with Crippen molar-refractivity contribution in [2.45, 2.75) is 116 Å². The molecular formula is C27H56NO7P. The monoisotopic (exact) mass is 537 g/mol. The summed E-state index contributed by atoms with van der Waals surface area (Å²) in [5, 5.41) is 0. The molecule has 2 unspecified atom stereocenters. The maximum atomic E-state index is 12.4. The minimum Gasteiger partial charge on any atom is -0.756 e. The number of phosphoric acid groups is 1. The van der Waals surface area contributed by atoms with Crippen LogP contribution in [0.3, 0.4) is 0 Å². The maximum absolute atomic E-state index is 12.4. The van der Waals surface area contributed by atoms with Gasteiger partial charge in [-0.1, -0.05) is 90.9 Å². The third-order valence-corrected chi connectivity index (χ3v) is 6.87. The van der Waals surface area contributed by atoms with E-state index in [9.17, 15) is 14.3 Å². The van der Waals surface area contributed by atoms with Gasteiger partial charge in [-0.05, 0) is 12.8 Å². The Balaban J connectivity index is 4.41. The van der Waals surface area contributed by atoms with Crippen LogP contribution in [0.25, 0.3) is 0 Å². The highest BCUT2D eigenvalue weighted by Gasteiger charge is 2.20. The predicted octanol–water partition coefficient (Wildman–Crippen LogP) is 6.01. The van der Waals surface area contributed by atoms with Crippen molar-refractivity contribution in [3.63, 3.8) is 0 Å². The molecule has 2 atom stereocenters. The van der Waals surface area contributed by atoms with Gasteiger partial charge in [0.1, 0.15) is 19.3 Å². The average molecular weight is 538 g/mol. The zero-order chi connectivity index (χ0) is 27.1. The summed E-state index contributed by atoms with van der Waals surface area (Å²) in [6, 6.07) is 0. The van der Waals surface area contributed by atoms with Gasteiger partial charge < -0.3 is 27.9 Å². The van der Waals surface area contributed by atoms with E-state index in [0.717, 1.165) is 32.1 Å².